The third kappa shape index (κ3) is 2.24. The molecule has 4 nitrogen and oxygen atoms in total. The smallest absolute Gasteiger partial charge is 0.215 e. The van der Waals surface area contributed by atoms with Crippen molar-refractivity contribution in [2.75, 3.05) is 5.73 Å². The highest BCUT2D eigenvalue weighted by molar-refractivity contribution is 7.90. The number of benzene rings is 1. The van der Waals surface area contributed by atoms with Gasteiger partial charge in [0.05, 0.1) is 5.25 Å². The second-order valence-corrected chi connectivity index (χ2v) is 7.26. The first-order chi connectivity index (χ1) is 8.56. The van der Waals surface area contributed by atoms with Crippen molar-refractivity contribution in [3.05, 3.63) is 29.3 Å². The first-order valence-electron chi connectivity index (χ1n) is 6.46. The molecular formula is C13H18N2O2S. The van der Waals surface area contributed by atoms with Gasteiger partial charge in [-0.1, -0.05) is 6.07 Å². The highest BCUT2D eigenvalue weighted by Crippen LogP contribution is 2.34. The molecule has 0 heterocycles. The largest absolute Gasteiger partial charge is 0.399 e. The Labute approximate surface area is 108 Å². The van der Waals surface area contributed by atoms with Gasteiger partial charge in [0, 0.05) is 11.7 Å². The summed E-state index contributed by atoms with van der Waals surface area (Å²) in [6.07, 6.45) is 4.48. The molecule has 0 spiro atoms. The monoisotopic (exact) mass is 266 g/mol. The molecule has 3 N–H and O–H groups in total. The van der Waals surface area contributed by atoms with Gasteiger partial charge in [-0.25, -0.2) is 13.1 Å². The van der Waals surface area contributed by atoms with Gasteiger partial charge in [-0.2, -0.15) is 0 Å². The lowest BCUT2D eigenvalue weighted by molar-refractivity contribution is 0.507. The van der Waals surface area contributed by atoms with E-state index in [1.165, 1.54) is 5.56 Å². The highest BCUT2D eigenvalue weighted by atomic mass is 32.2. The summed E-state index contributed by atoms with van der Waals surface area (Å²) in [5, 5.41) is -0.156. The fourth-order valence-electron chi connectivity index (χ4n) is 2.63. The van der Waals surface area contributed by atoms with Crippen LogP contribution in [0.15, 0.2) is 18.2 Å². The lowest BCUT2D eigenvalue weighted by atomic mass is 9.88. The minimum atomic E-state index is -3.12. The Morgan fingerprint density at radius 2 is 2.00 bits per heavy atom. The fourth-order valence-corrected chi connectivity index (χ4v) is 4.22. The number of anilines is 1. The summed E-state index contributed by atoms with van der Waals surface area (Å²) in [5.74, 6) is 0. The van der Waals surface area contributed by atoms with Crippen LogP contribution in [0, 0.1) is 0 Å². The number of nitrogens with two attached hydrogens (primary N) is 1. The number of nitrogen functional groups attached to an aromatic ring is 1. The molecule has 2 aliphatic carbocycles. The third-order valence-corrected chi connectivity index (χ3v) is 5.71. The molecule has 0 aromatic heterocycles. The molecule has 1 unspecified atom stereocenters. The van der Waals surface area contributed by atoms with Crippen molar-refractivity contribution in [1.82, 2.24) is 4.72 Å². The van der Waals surface area contributed by atoms with Crippen LogP contribution >= 0.6 is 0 Å². The summed E-state index contributed by atoms with van der Waals surface area (Å²) >= 11 is 0. The number of hydrogen-bond donors (Lipinski definition) is 2. The summed E-state index contributed by atoms with van der Waals surface area (Å²) in [4.78, 5) is 0. The highest BCUT2D eigenvalue weighted by Gasteiger charge is 2.37. The Kier molecular flexibility index (Phi) is 2.83. The van der Waals surface area contributed by atoms with Crippen LogP contribution in [0.1, 0.15) is 42.9 Å². The second-order valence-electron chi connectivity index (χ2n) is 5.27. The van der Waals surface area contributed by atoms with E-state index >= 15 is 0 Å². The molecule has 98 valence electrons. The lowest BCUT2D eigenvalue weighted by Crippen LogP contribution is -2.33. The molecule has 0 bridgehead atoms. The van der Waals surface area contributed by atoms with E-state index < -0.39 is 10.0 Å². The Morgan fingerprint density at radius 3 is 2.72 bits per heavy atom. The maximum absolute atomic E-state index is 12.0. The molecule has 1 aromatic carbocycles. The molecule has 2 aliphatic rings. The zero-order valence-corrected chi connectivity index (χ0v) is 11.0. The topological polar surface area (TPSA) is 72.2 Å². The van der Waals surface area contributed by atoms with E-state index in [9.17, 15) is 8.42 Å². The number of aryl methyl sites for hydroxylation is 1. The van der Waals surface area contributed by atoms with E-state index in [4.69, 9.17) is 5.73 Å². The molecule has 0 saturated heterocycles. The first-order valence-corrected chi connectivity index (χ1v) is 8.00. The van der Waals surface area contributed by atoms with Crippen LogP contribution in [-0.4, -0.2) is 13.7 Å². The van der Waals surface area contributed by atoms with Crippen molar-refractivity contribution in [1.29, 1.82) is 0 Å². The van der Waals surface area contributed by atoms with Gasteiger partial charge in [0.25, 0.3) is 0 Å². The van der Waals surface area contributed by atoms with Gasteiger partial charge in [-0.05, 0) is 55.4 Å². The van der Waals surface area contributed by atoms with Crippen LogP contribution < -0.4 is 10.5 Å². The molecule has 1 fully saturated rings. The van der Waals surface area contributed by atoms with Crippen molar-refractivity contribution in [2.45, 2.75) is 43.4 Å². The van der Waals surface area contributed by atoms with Gasteiger partial charge < -0.3 is 5.73 Å². The standard InChI is InChI=1S/C13H18N2O2S/c14-10-4-7-12-9(8-10)2-1-3-13(12)15-18(16,17)11-5-6-11/h4,7-8,11,13,15H,1-3,5-6,14H2. The van der Waals surface area contributed by atoms with E-state index in [0.717, 1.165) is 43.4 Å². The molecule has 18 heavy (non-hydrogen) atoms. The molecular weight excluding hydrogens is 248 g/mol. The molecule has 1 atom stereocenters. The van der Waals surface area contributed by atoms with Crippen molar-refractivity contribution in [3.63, 3.8) is 0 Å². The van der Waals surface area contributed by atoms with Crippen molar-refractivity contribution >= 4 is 15.7 Å². The van der Waals surface area contributed by atoms with Gasteiger partial charge in [0.1, 0.15) is 0 Å². The van der Waals surface area contributed by atoms with E-state index in [1.54, 1.807) is 0 Å². The lowest BCUT2D eigenvalue weighted by Gasteiger charge is -2.26. The van der Waals surface area contributed by atoms with Gasteiger partial charge in [0.2, 0.25) is 10.0 Å². The summed E-state index contributed by atoms with van der Waals surface area (Å²) in [6, 6.07) is 5.71. The average molecular weight is 266 g/mol. The number of fused-ring (bicyclic) bond motifs is 1. The van der Waals surface area contributed by atoms with E-state index in [1.807, 2.05) is 18.2 Å². The minimum Gasteiger partial charge on any atom is -0.399 e. The molecule has 5 heteroatoms. The zero-order valence-electron chi connectivity index (χ0n) is 10.2. The van der Waals surface area contributed by atoms with Gasteiger partial charge in [0.15, 0.2) is 0 Å². The molecule has 1 aromatic rings. The molecule has 0 radical (unpaired) electrons. The fraction of sp³-hybridized carbons (Fsp3) is 0.538. The molecule has 0 aliphatic heterocycles. The number of nitrogens with one attached hydrogen (secondary N) is 1. The van der Waals surface area contributed by atoms with Gasteiger partial charge in [-0.15, -0.1) is 0 Å². The molecule has 1 saturated carbocycles. The minimum absolute atomic E-state index is 0.0695. The Morgan fingerprint density at radius 1 is 1.22 bits per heavy atom. The summed E-state index contributed by atoms with van der Waals surface area (Å²) in [5.41, 5.74) is 8.81. The van der Waals surface area contributed by atoms with E-state index in [-0.39, 0.29) is 11.3 Å². The number of sulfonamides is 1. The maximum atomic E-state index is 12.0. The first kappa shape index (κ1) is 12.0. The van der Waals surface area contributed by atoms with E-state index in [0.29, 0.717) is 0 Å². The van der Waals surface area contributed by atoms with Crippen LogP contribution in [0.2, 0.25) is 0 Å². The van der Waals surface area contributed by atoms with Crippen LogP contribution in [-0.2, 0) is 16.4 Å². The molecule has 3 rings (SSSR count). The Balaban J connectivity index is 1.87. The van der Waals surface area contributed by atoms with Crippen LogP contribution in [0.4, 0.5) is 5.69 Å². The predicted octanol–water partition coefficient (Wildman–Crippen LogP) is 1.73. The van der Waals surface area contributed by atoms with Crippen LogP contribution in [0.25, 0.3) is 0 Å². The average Bonchev–Trinajstić information content (AvgIpc) is 3.12. The maximum Gasteiger partial charge on any atom is 0.215 e. The summed E-state index contributed by atoms with van der Waals surface area (Å²) in [7, 11) is -3.12. The van der Waals surface area contributed by atoms with Crippen molar-refractivity contribution in [2.24, 2.45) is 0 Å². The van der Waals surface area contributed by atoms with Gasteiger partial charge >= 0.3 is 0 Å². The zero-order chi connectivity index (χ0) is 12.8. The quantitative estimate of drug-likeness (QED) is 0.818. The van der Waals surface area contributed by atoms with Gasteiger partial charge in [-0.3, -0.25) is 0 Å². The third-order valence-electron chi connectivity index (χ3n) is 3.75. The predicted molar refractivity (Wildman–Crippen MR) is 71.6 cm³/mol. The Bertz CT molecular complexity index is 564. The normalized spacial score (nSPS) is 23.7. The Hall–Kier alpha value is -1.07. The second kappa shape index (κ2) is 4.24. The summed E-state index contributed by atoms with van der Waals surface area (Å²) in [6.45, 7) is 0. The van der Waals surface area contributed by atoms with Crippen LogP contribution in [0.5, 0.6) is 0 Å². The molecule has 0 amide bonds. The van der Waals surface area contributed by atoms with E-state index in [2.05, 4.69) is 4.72 Å². The van der Waals surface area contributed by atoms with Crippen molar-refractivity contribution in [3.8, 4) is 0 Å². The number of rotatable bonds is 3. The SMILES string of the molecule is Nc1ccc2c(c1)CCCC2NS(=O)(=O)C1CC1. The van der Waals surface area contributed by atoms with Crippen LogP contribution in [0.3, 0.4) is 0 Å². The summed E-state index contributed by atoms with van der Waals surface area (Å²) < 4.78 is 26.9. The number of hydrogen-bond acceptors (Lipinski definition) is 3. The van der Waals surface area contributed by atoms with Crippen molar-refractivity contribution < 1.29 is 8.42 Å².